The second kappa shape index (κ2) is 7.52. The Bertz CT molecular complexity index is 175. The highest BCUT2D eigenvalue weighted by atomic mass is 35.5. The summed E-state index contributed by atoms with van der Waals surface area (Å²) in [6, 6.07) is 0. The Hall–Kier alpha value is 0.210. The van der Waals surface area contributed by atoms with Gasteiger partial charge in [0.05, 0.1) is 0 Å². The molecule has 3 heteroatoms. The Morgan fingerprint density at radius 3 is 2.00 bits per heavy atom. The van der Waals surface area contributed by atoms with Crippen molar-refractivity contribution in [3.05, 3.63) is 0 Å². The summed E-state index contributed by atoms with van der Waals surface area (Å²) in [6.07, 6.45) is 8.69. The Balaban J connectivity index is 0.00000128. The SMILES string of the molecule is CN(CC1CCCC1)CC1CCNCC1.Cl. The van der Waals surface area contributed by atoms with Crippen LogP contribution in [0.5, 0.6) is 0 Å². The van der Waals surface area contributed by atoms with Crippen LogP contribution in [0.2, 0.25) is 0 Å². The highest BCUT2D eigenvalue weighted by Gasteiger charge is 2.19. The van der Waals surface area contributed by atoms with Crippen LogP contribution in [0.1, 0.15) is 38.5 Å². The van der Waals surface area contributed by atoms with Crippen molar-refractivity contribution in [3.8, 4) is 0 Å². The van der Waals surface area contributed by atoms with Crippen LogP contribution in [0.4, 0.5) is 0 Å². The second-order valence-electron chi connectivity index (χ2n) is 5.57. The van der Waals surface area contributed by atoms with Crippen molar-refractivity contribution >= 4 is 12.4 Å². The van der Waals surface area contributed by atoms with Crippen LogP contribution in [0.15, 0.2) is 0 Å². The van der Waals surface area contributed by atoms with Crippen molar-refractivity contribution in [1.82, 2.24) is 10.2 Å². The lowest BCUT2D eigenvalue weighted by Gasteiger charge is -2.29. The van der Waals surface area contributed by atoms with Gasteiger partial charge in [0.1, 0.15) is 0 Å². The fourth-order valence-corrected chi connectivity index (χ4v) is 3.21. The van der Waals surface area contributed by atoms with Crippen molar-refractivity contribution < 1.29 is 0 Å². The molecule has 0 spiro atoms. The van der Waals surface area contributed by atoms with Gasteiger partial charge in [0, 0.05) is 13.1 Å². The van der Waals surface area contributed by atoms with E-state index in [2.05, 4.69) is 17.3 Å². The van der Waals surface area contributed by atoms with Crippen molar-refractivity contribution in [2.24, 2.45) is 11.8 Å². The van der Waals surface area contributed by atoms with Gasteiger partial charge >= 0.3 is 0 Å². The number of nitrogens with one attached hydrogen (secondary N) is 1. The molecule has 0 radical (unpaired) electrons. The minimum atomic E-state index is 0. The fraction of sp³-hybridized carbons (Fsp3) is 1.00. The summed E-state index contributed by atoms with van der Waals surface area (Å²) in [5, 5.41) is 3.44. The maximum Gasteiger partial charge on any atom is 0.000767 e. The first kappa shape index (κ1) is 14.3. The molecular formula is C13H27ClN2. The number of nitrogens with zero attached hydrogens (tertiary/aromatic N) is 1. The third kappa shape index (κ3) is 4.60. The van der Waals surface area contributed by atoms with E-state index in [1.807, 2.05) is 0 Å². The molecule has 0 amide bonds. The van der Waals surface area contributed by atoms with Crippen molar-refractivity contribution in [2.75, 3.05) is 33.2 Å². The summed E-state index contributed by atoms with van der Waals surface area (Å²) in [5.74, 6) is 1.97. The Labute approximate surface area is 107 Å². The summed E-state index contributed by atoms with van der Waals surface area (Å²) < 4.78 is 0. The molecule has 1 saturated heterocycles. The summed E-state index contributed by atoms with van der Waals surface area (Å²) in [4.78, 5) is 2.59. The van der Waals surface area contributed by atoms with Crippen LogP contribution in [0.3, 0.4) is 0 Å². The average molecular weight is 247 g/mol. The van der Waals surface area contributed by atoms with E-state index in [1.165, 1.54) is 64.7 Å². The Morgan fingerprint density at radius 2 is 1.44 bits per heavy atom. The minimum absolute atomic E-state index is 0. The summed E-state index contributed by atoms with van der Waals surface area (Å²) in [6.45, 7) is 5.16. The summed E-state index contributed by atoms with van der Waals surface area (Å²) in [7, 11) is 2.32. The van der Waals surface area contributed by atoms with Gasteiger partial charge in [-0.2, -0.15) is 0 Å². The van der Waals surface area contributed by atoms with Gasteiger partial charge in [-0.1, -0.05) is 12.8 Å². The highest BCUT2D eigenvalue weighted by Crippen LogP contribution is 2.25. The molecule has 1 saturated carbocycles. The van der Waals surface area contributed by atoms with Gasteiger partial charge < -0.3 is 10.2 Å². The molecule has 2 aliphatic rings. The van der Waals surface area contributed by atoms with Crippen LogP contribution in [-0.2, 0) is 0 Å². The van der Waals surface area contributed by atoms with Crippen molar-refractivity contribution in [2.45, 2.75) is 38.5 Å². The molecule has 0 unspecified atom stereocenters. The van der Waals surface area contributed by atoms with Crippen LogP contribution >= 0.6 is 12.4 Å². The molecule has 0 bridgehead atoms. The minimum Gasteiger partial charge on any atom is -0.317 e. The molecular weight excluding hydrogens is 220 g/mol. The first-order chi connectivity index (χ1) is 7.34. The molecule has 1 aliphatic heterocycles. The van der Waals surface area contributed by atoms with Gasteiger partial charge in [-0.25, -0.2) is 0 Å². The fourth-order valence-electron chi connectivity index (χ4n) is 3.21. The summed E-state index contributed by atoms with van der Waals surface area (Å²) >= 11 is 0. The zero-order valence-corrected chi connectivity index (χ0v) is 11.4. The van der Waals surface area contributed by atoms with E-state index in [0.29, 0.717) is 0 Å². The smallest absolute Gasteiger partial charge is 0.000767 e. The molecule has 1 aliphatic carbocycles. The zero-order valence-electron chi connectivity index (χ0n) is 10.6. The van der Waals surface area contributed by atoms with E-state index in [1.54, 1.807) is 0 Å². The predicted octanol–water partition coefficient (Wildman–Crippen LogP) is 2.53. The van der Waals surface area contributed by atoms with Gasteiger partial charge in [0.2, 0.25) is 0 Å². The van der Waals surface area contributed by atoms with Crippen LogP contribution in [0.25, 0.3) is 0 Å². The lowest BCUT2D eigenvalue weighted by Crippen LogP contribution is -2.36. The topological polar surface area (TPSA) is 15.3 Å². The quantitative estimate of drug-likeness (QED) is 0.820. The van der Waals surface area contributed by atoms with Gasteiger partial charge in [-0.15, -0.1) is 12.4 Å². The maximum atomic E-state index is 3.44. The lowest BCUT2D eigenvalue weighted by atomic mass is 9.97. The van der Waals surface area contributed by atoms with Crippen molar-refractivity contribution in [1.29, 1.82) is 0 Å². The lowest BCUT2D eigenvalue weighted by molar-refractivity contribution is 0.213. The number of halogens is 1. The average Bonchev–Trinajstić information content (AvgIpc) is 2.71. The van der Waals surface area contributed by atoms with E-state index < -0.39 is 0 Å². The first-order valence-corrected chi connectivity index (χ1v) is 6.74. The highest BCUT2D eigenvalue weighted by molar-refractivity contribution is 5.85. The van der Waals surface area contributed by atoms with Crippen LogP contribution in [-0.4, -0.2) is 38.1 Å². The number of hydrogen-bond acceptors (Lipinski definition) is 2. The maximum absolute atomic E-state index is 3.44. The van der Waals surface area contributed by atoms with Crippen molar-refractivity contribution in [3.63, 3.8) is 0 Å². The monoisotopic (exact) mass is 246 g/mol. The normalized spacial score (nSPS) is 23.6. The Morgan fingerprint density at radius 1 is 0.938 bits per heavy atom. The van der Waals surface area contributed by atoms with E-state index in [-0.39, 0.29) is 12.4 Å². The van der Waals surface area contributed by atoms with Gasteiger partial charge in [0.25, 0.3) is 0 Å². The standard InChI is InChI=1S/C13H26N2.ClH/c1-15(10-12-4-2-3-5-12)11-13-6-8-14-9-7-13;/h12-14H,2-11H2,1H3;1H. The Kier molecular flexibility index (Phi) is 6.71. The largest absolute Gasteiger partial charge is 0.317 e. The van der Waals surface area contributed by atoms with Gasteiger partial charge in [-0.3, -0.25) is 0 Å². The first-order valence-electron chi connectivity index (χ1n) is 6.74. The molecule has 0 aromatic rings. The molecule has 2 fully saturated rings. The van der Waals surface area contributed by atoms with E-state index >= 15 is 0 Å². The zero-order chi connectivity index (χ0) is 10.5. The van der Waals surface area contributed by atoms with Gasteiger partial charge in [-0.05, 0) is 57.7 Å². The van der Waals surface area contributed by atoms with Crippen LogP contribution in [0, 0.1) is 11.8 Å². The molecule has 96 valence electrons. The molecule has 16 heavy (non-hydrogen) atoms. The molecule has 1 N–H and O–H groups in total. The van der Waals surface area contributed by atoms with E-state index in [4.69, 9.17) is 0 Å². The second-order valence-corrected chi connectivity index (χ2v) is 5.57. The van der Waals surface area contributed by atoms with Gasteiger partial charge in [0.15, 0.2) is 0 Å². The molecule has 1 heterocycles. The molecule has 0 atom stereocenters. The third-order valence-electron chi connectivity index (χ3n) is 4.07. The predicted molar refractivity (Wildman–Crippen MR) is 72.3 cm³/mol. The molecule has 2 rings (SSSR count). The van der Waals surface area contributed by atoms with E-state index in [0.717, 1.165) is 11.8 Å². The third-order valence-corrected chi connectivity index (χ3v) is 4.07. The molecule has 2 nitrogen and oxygen atoms in total. The number of rotatable bonds is 4. The number of piperidine rings is 1. The number of hydrogen-bond donors (Lipinski definition) is 1. The summed E-state index contributed by atoms with van der Waals surface area (Å²) in [5.41, 5.74) is 0. The van der Waals surface area contributed by atoms with E-state index in [9.17, 15) is 0 Å². The van der Waals surface area contributed by atoms with Crippen LogP contribution < -0.4 is 5.32 Å². The molecule has 0 aromatic heterocycles. The molecule has 0 aromatic carbocycles.